The van der Waals surface area contributed by atoms with Crippen LogP contribution in [0.15, 0.2) is 54.6 Å². The summed E-state index contributed by atoms with van der Waals surface area (Å²) in [5, 5.41) is 0. The summed E-state index contributed by atoms with van der Waals surface area (Å²) in [5.41, 5.74) is 1.16. The number of rotatable bonds is 6. The van der Waals surface area contributed by atoms with Gasteiger partial charge < -0.3 is 14.4 Å². The molecule has 2 aromatic rings. The summed E-state index contributed by atoms with van der Waals surface area (Å²) in [4.78, 5) is 38.1. The minimum Gasteiger partial charge on any atom is -0.497 e. The van der Waals surface area contributed by atoms with Gasteiger partial charge in [0.2, 0.25) is 5.91 Å². The van der Waals surface area contributed by atoms with E-state index in [1.807, 2.05) is 0 Å². The first kappa shape index (κ1) is 17.7. The number of methoxy groups -OCH3 is 1. The van der Waals surface area contributed by atoms with Gasteiger partial charge in [-0.25, -0.2) is 0 Å². The Labute approximate surface area is 151 Å². The number of amides is 1. The van der Waals surface area contributed by atoms with Crippen LogP contribution in [0.3, 0.4) is 0 Å². The number of ketones is 1. The molecule has 6 heteroatoms. The highest BCUT2D eigenvalue weighted by Crippen LogP contribution is 2.28. The predicted octanol–water partition coefficient (Wildman–Crippen LogP) is 2.47. The summed E-state index contributed by atoms with van der Waals surface area (Å²) in [6.45, 7) is -0.100. The molecule has 1 aliphatic heterocycles. The van der Waals surface area contributed by atoms with Gasteiger partial charge in [-0.05, 0) is 12.1 Å². The second-order valence-electron chi connectivity index (χ2n) is 6.00. The van der Waals surface area contributed by atoms with Crippen LogP contribution < -0.4 is 9.64 Å². The van der Waals surface area contributed by atoms with E-state index >= 15 is 0 Å². The highest BCUT2D eigenvalue weighted by Gasteiger charge is 2.36. The van der Waals surface area contributed by atoms with Gasteiger partial charge in [0.15, 0.2) is 12.4 Å². The van der Waals surface area contributed by atoms with Crippen molar-refractivity contribution < 1.29 is 23.9 Å². The summed E-state index contributed by atoms with van der Waals surface area (Å²) in [7, 11) is 1.55. The maximum Gasteiger partial charge on any atom is 0.311 e. The number of Topliss-reactive ketones (excluding diaryl/α,β-unsaturated/α-hetero) is 1. The molecule has 1 saturated heterocycles. The van der Waals surface area contributed by atoms with Gasteiger partial charge in [-0.2, -0.15) is 0 Å². The number of ether oxygens (including phenoxy) is 2. The molecule has 6 nitrogen and oxygen atoms in total. The Morgan fingerprint density at radius 2 is 1.88 bits per heavy atom. The highest BCUT2D eigenvalue weighted by molar-refractivity contribution is 6.01. The molecular weight excluding hydrogens is 334 g/mol. The number of carbonyl (C=O) groups is 3. The quantitative estimate of drug-likeness (QED) is 0.589. The summed E-state index contributed by atoms with van der Waals surface area (Å²) < 4.78 is 10.3. The van der Waals surface area contributed by atoms with E-state index in [9.17, 15) is 14.4 Å². The van der Waals surface area contributed by atoms with Crippen molar-refractivity contribution in [1.29, 1.82) is 0 Å². The number of anilines is 1. The maximum absolute atomic E-state index is 12.3. The Morgan fingerprint density at radius 1 is 1.12 bits per heavy atom. The van der Waals surface area contributed by atoms with Crippen LogP contribution >= 0.6 is 0 Å². The van der Waals surface area contributed by atoms with E-state index in [0.717, 1.165) is 0 Å². The Balaban J connectivity index is 1.59. The van der Waals surface area contributed by atoms with E-state index in [4.69, 9.17) is 9.47 Å². The lowest BCUT2D eigenvalue weighted by Gasteiger charge is -2.17. The van der Waals surface area contributed by atoms with Gasteiger partial charge in [0.05, 0.1) is 13.0 Å². The summed E-state index contributed by atoms with van der Waals surface area (Å²) in [6, 6.07) is 15.7. The van der Waals surface area contributed by atoms with E-state index in [0.29, 0.717) is 17.0 Å². The normalized spacial score (nSPS) is 16.4. The molecule has 1 aliphatic rings. The van der Waals surface area contributed by atoms with E-state index in [1.165, 1.54) is 4.90 Å². The molecule has 1 heterocycles. The first-order valence-electron chi connectivity index (χ1n) is 8.28. The van der Waals surface area contributed by atoms with Crippen LogP contribution in [-0.2, 0) is 14.3 Å². The molecule has 0 unspecified atom stereocenters. The third kappa shape index (κ3) is 3.91. The molecule has 0 bridgehead atoms. The zero-order valence-electron chi connectivity index (χ0n) is 14.4. The molecule has 0 radical (unpaired) electrons. The highest BCUT2D eigenvalue weighted by atomic mass is 16.5. The first-order valence-corrected chi connectivity index (χ1v) is 8.28. The van der Waals surface area contributed by atoms with Gasteiger partial charge in [0.25, 0.3) is 0 Å². The molecule has 1 atom stereocenters. The van der Waals surface area contributed by atoms with Crippen LogP contribution in [0.25, 0.3) is 0 Å². The van der Waals surface area contributed by atoms with Crippen molar-refractivity contribution in [3.63, 3.8) is 0 Å². The fourth-order valence-corrected chi connectivity index (χ4v) is 2.86. The molecule has 0 spiro atoms. The van der Waals surface area contributed by atoms with Crippen molar-refractivity contribution >= 4 is 23.3 Å². The second kappa shape index (κ2) is 7.82. The number of nitrogens with zero attached hydrogens (tertiary/aromatic N) is 1. The van der Waals surface area contributed by atoms with Crippen LogP contribution in [0, 0.1) is 5.92 Å². The van der Waals surface area contributed by atoms with Gasteiger partial charge in [-0.1, -0.05) is 36.4 Å². The van der Waals surface area contributed by atoms with Crippen LogP contribution in [0.4, 0.5) is 5.69 Å². The molecule has 3 rings (SSSR count). The Hall–Kier alpha value is -3.15. The van der Waals surface area contributed by atoms with Crippen LogP contribution in [0.1, 0.15) is 16.8 Å². The molecule has 0 saturated carbocycles. The summed E-state index contributed by atoms with van der Waals surface area (Å²) >= 11 is 0. The maximum atomic E-state index is 12.3. The number of esters is 1. The average molecular weight is 353 g/mol. The van der Waals surface area contributed by atoms with Crippen molar-refractivity contribution in [2.45, 2.75) is 6.42 Å². The smallest absolute Gasteiger partial charge is 0.311 e. The molecule has 2 aromatic carbocycles. The van der Waals surface area contributed by atoms with E-state index in [2.05, 4.69) is 0 Å². The van der Waals surface area contributed by atoms with E-state index in [1.54, 1.807) is 61.7 Å². The minimum atomic E-state index is -0.586. The number of hydrogen-bond acceptors (Lipinski definition) is 5. The molecule has 0 N–H and O–H groups in total. The average Bonchev–Trinajstić information content (AvgIpc) is 3.08. The first-order chi connectivity index (χ1) is 12.6. The van der Waals surface area contributed by atoms with E-state index < -0.39 is 11.9 Å². The fraction of sp³-hybridized carbons (Fsp3) is 0.250. The zero-order chi connectivity index (χ0) is 18.5. The molecule has 26 heavy (non-hydrogen) atoms. The van der Waals surface area contributed by atoms with Crippen molar-refractivity contribution in [2.75, 3.05) is 25.2 Å². The van der Waals surface area contributed by atoms with Gasteiger partial charge in [0.1, 0.15) is 5.75 Å². The fourth-order valence-electron chi connectivity index (χ4n) is 2.86. The van der Waals surface area contributed by atoms with Crippen LogP contribution in [0.5, 0.6) is 5.75 Å². The van der Waals surface area contributed by atoms with Crippen molar-refractivity contribution in [3.05, 3.63) is 60.2 Å². The van der Waals surface area contributed by atoms with Crippen molar-refractivity contribution in [3.8, 4) is 5.75 Å². The number of hydrogen-bond donors (Lipinski definition) is 0. The predicted molar refractivity (Wildman–Crippen MR) is 95.2 cm³/mol. The lowest BCUT2D eigenvalue weighted by atomic mass is 10.1. The van der Waals surface area contributed by atoms with Crippen molar-refractivity contribution in [2.24, 2.45) is 5.92 Å². The van der Waals surface area contributed by atoms with Gasteiger partial charge in [-0.3, -0.25) is 14.4 Å². The standard InChI is InChI=1S/C20H19NO5/c1-25-17-9-5-8-16(11-17)21-12-15(10-19(21)23)20(24)26-13-18(22)14-6-3-2-4-7-14/h2-9,11,15H,10,12-13H2,1H3/t15-/m0/s1. The molecule has 1 fully saturated rings. The van der Waals surface area contributed by atoms with Crippen LogP contribution in [-0.4, -0.2) is 37.9 Å². The largest absolute Gasteiger partial charge is 0.497 e. The molecule has 1 amide bonds. The lowest BCUT2D eigenvalue weighted by molar-refractivity contribution is -0.147. The van der Waals surface area contributed by atoms with E-state index in [-0.39, 0.29) is 31.3 Å². The van der Waals surface area contributed by atoms with Crippen molar-refractivity contribution in [1.82, 2.24) is 0 Å². The van der Waals surface area contributed by atoms with Gasteiger partial charge >= 0.3 is 5.97 Å². The van der Waals surface area contributed by atoms with Gasteiger partial charge in [-0.15, -0.1) is 0 Å². The summed E-state index contributed by atoms with van der Waals surface area (Å²) in [6.07, 6.45) is 0.0651. The molecule has 134 valence electrons. The molecular formula is C20H19NO5. The summed E-state index contributed by atoms with van der Waals surface area (Å²) in [5.74, 6) is -0.914. The monoisotopic (exact) mass is 353 g/mol. The topological polar surface area (TPSA) is 72.9 Å². The Morgan fingerprint density at radius 3 is 2.62 bits per heavy atom. The SMILES string of the molecule is COc1cccc(N2C[C@@H](C(=O)OCC(=O)c3ccccc3)CC2=O)c1. The minimum absolute atomic E-state index is 0.0651. The molecule has 0 aromatic heterocycles. The van der Waals surface area contributed by atoms with Crippen LogP contribution in [0.2, 0.25) is 0 Å². The molecule has 0 aliphatic carbocycles. The number of benzene rings is 2. The Kier molecular flexibility index (Phi) is 5.31. The third-order valence-corrected chi connectivity index (χ3v) is 4.26. The number of carbonyl (C=O) groups excluding carboxylic acids is 3. The second-order valence-corrected chi connectivity index (χ2v) is 6.00. The Bertz CT molecular complexity index is 818. The third-order valence-electron chi connectivity index (χ3n) is 4.26. The van der Waals surface area contributed by atoms with Gasteiger partial charge in [0, 0.05) is 30.3 Å². The lowest BCUT2D eigenvalue weighted by Crippen LogP contribution is -2.27. The zero-order valence-corrected chi connectivity index (χ0v) is 14.4.